The van der Waals surface area contributed by atoms with Crippen LogP contribution in [0.4, 0.5) is 0 Å². The maximum Gasteiger partial charge on any atom is -0.0230 e. The van der Waals surface area contributed by atoms with Crippen molar-refractivity contribution in [2.45, 2.75) is 52.4 Å². The van der Waals surface area contributed by atoms with Crippen LogP contribution in [-0.2, 0) is 6.42 Å². The lowest BCUT2D eigenvalue weighted by Gasteiger charge is -2.06. The zero-order valence-electron chi connectivity index (χ0n) is 10.8. The number of aryl methyl sites for hydroxylation is 1. The topological polar surface area (TPSA) is 0 Å². The minimum absolute atomic E-state index is 1.13. The van der Waals surface area contributed by atoms with Crippen LogP contribution in [0.25, 0.3) is 5.57 Å². The van der Waals surface area contributed by atoms with Gasteiger partial charge in [-0.05, 0) is 42.4 Å². The SMILES string of the molecule is C=C(CCCC)c1ccc(CCCC)cc1. The van der Waals surface area contributed by atoms with Crippen molar-refractivity contribution in [3.63, 3.8) is 0 Å². The van der Waals surface area contributed by atoms with Crippen molar-refractivity contribution in [3.8, 4) is 0 Å². The molecule has 0 heteroatoms. The van der Waals surface area contributed by atoms with Gasteiger partial charge in [0.2, 0.25) is 0 Å². The van der Waals surface area contributed by atoms with E-state index in [2.05, 4.69) is 44.7 Å². The average molecular weight is 216 g/mol. The maximum absolute atomic E-state index is 4.15. The van der Waals surface area contributed by atoms with Gasteiger partial charge in [-0.3, -0.25) is 0 Å². The van der Waals surface area contributed by atoms with E-state index in [0.29, 0.717) is 0 Å². The van der Waals surface area contributed by atoms with Gasteiger partial charge in [0.1, 0.15) is 0 Å². The third-order valence-corrected chi connectivity index (χ3v) is 3.01. The quantitative estimate of drug-likeness (QED) is 0.585. The van der Waals surface area contributed by atoms with Gasteiger partial charge in [-0.1, -0.05) is 57.5 Å². The number of allylic oxidation sites excluding steroid dienone is 1. The first kappa shape index (κ1) is 13.0. The molecule has 0 saturated carbocycles. The van der Waals surface area contributed by atoms with Gasteiger partial charge < -0.3 is 0 Å². The molecule has 0 nitrogen and oxygen atoms in total. The van der Waals surface area contributed by atoms with Gasteiger partial charge in [-0.25, -0.2) is 0 Å². The molecule has 0 amide bonds. The fraction of sp³-hybridized carbons (Fsp3) is 0.500. The van der Waals surface area contributed by atoms with E-state index in [9.17, 15) is 0 Å². The van der Waals surface area contributed by atoms with Crippen LogP contribution in [0.5, 0.6) is 0 Å². The van der Waals surface area contributed by atoms with Gasteiger partial charge in [-0.2, -0.15) is 0 Å². The third kappa shape index (κ3) is 4.22. The highest BCUT2D eigenvalue weighted by atomic mass is 14.0. The summed E-state index contributed by atoms with van der Waals surface area (Å²) in [5.74, 6) is 0. The van der Waals surface area contributed by atoms with Crippen LogP contribution < -0.4 is 0 Å². The molecule has 0 atom stereocenters. The van der Waals surface area contributed by atoms with E-state index in [1.807, 2.05) is 0 Å². The molecule has 0 radical (unpaired) electrons. The van der Waals surface area contributed by atoms with Crippen molar-refractivity contribution in [2.24, 2.45) is 0 Å². The predicted octanol–water partition coefficient (Wildman–Crippen LogP) is 5.23. The molecular formula is C16H24. The summed E-state index contributed by atoms with van der Waals surface area (Å²) in [5, 5.41) is 0. The summed E-state index contributed by atoms with van der Waals surface area (Å²) >= 11 is 0. The van der Waals surface area contributed by atoms with Gasteiger partial charge >= 0.3 is 0 Å². The molecule has 0 aliphatic carbocycles. The summed E-state index contributed by atoms with van der Waals surface area (Å²) in [7, 11) is 0. The molecule has 0 N–H and O–H groups in total. The van der Waals surface area contributed by atoms with Gasteiger partial charge in [-0.15, -0.1) is 0 Å². The minimum atomic E-state index is 1.13. The van der Waals surface area contributed by atoms with E-state index >= 15 is 0 Å². The first-order chi connectivity index (χ1) is 7.77. The Morgan fingerprint density at radius 2 is 1.62 bits per heavy atom. The average Bonchev–Trinajstić information content (AvgIpc) is 2.34. The zero-order valence-corrected chi connectivity index (χ0v) is 10.8. The smallest absolute Gasteiger partial charge is 0.0230 e. The lowest BCUT2D eigenvalue weighted by Crippen LogP contribution is -1.87. The van der Waals surface area contributed by atoms with Crippen molar-refractivity contribution in [1.29, 1.82) is 0 Å². The Labute approximate surface area is 100 Å². The number of benzene rings is 1. The molecule has 16 heavy (non-hydrogen) atoms. The van der Waals surface area contributed by atoms with Crippen molar-refractivity contribution < 1.29 is 0 Å². The molecule has 88 valence electrons. The molecule has 1 aromatic carbocycles. The number of unbranched alkanes of at least 4 members (excludes halogenated alkanes) is 2. The van der Waals surface area contributed by atoms with E-state index in [1.165, 1.54) is 48.8 Å². The lowest BCUT2D eigenvalue weighted by molar-refractivity contribution is 0.795. The second-order valence-corrected chi connectivity index (χ2v) is 4.51. The van der Waals surface area contributed by atoms with Crippen molar-refractivity contribution in [2.75, 3.05) is 0 Å². The Hall–Kier alpha value is -1.04. The van der Waals surface area contributed by atoms with Gasteiger partial charge in [0.05, 0.1) is 0 Å². The highest BCUT2D eigenvalue weighted by Gasteiger charge is 1.99. The van der Waals surface area contributed by atoms with Crippen LogP contribution in [0.15, 0.2) is 30.8 Å². The molecule has 0 aliphatic rings. The van der Waals surface area contributed by atoms with E-state index in [0.717, 1.165) is 6.42 Å². The Morgan fingerprint density at radius 1 is 1.00 bits per heavy atom. The molecule has 0 saturated heterocycles. The molecule has 0 aliphatic heterocycles. The van der Waals surface area contributed by atoms with Gasteiger partial charge in [0.25, 0.3) is 0 Å². The van der Waals surface area contributed by atoms with Crippen LogP contribution in [0.1, 0.15) is 57.1 Å². The fourth-order valence-electron chi connectivity index (χ4n) is 1.82. The molecule has 0 spiro atoms. The van der Waals surface area contributed by atoms with Crippen LogP contribution in [0.3, 0.4) is 0 Å². The summed E-state index contributed by atoms with van der Waals surface area (Å²) in [6, 6.07) is 8.95. The standard InChI is InChI=1S/C16H24/c1-4-6-8-14(3)16-12-10-15(11-13-16)9-7-5-2/h10-13H,3-9H2,1-2H3. The third-order valence-electron chi connectivity index (χ3n) is 3.01. The van der Waals surface area contributed by atoms with Gasteiger partial charge in [0, 0.05) is 0 Å². The monoisotopic (exact) mass is 216 g/mol. The Bertz CT molecular complexity index is 305. The van der Waals surface area contributed by atoms with Crippen molar-refractivity contribution >= 4 is 5.57 Å². The van der Waals surface area contributed by atoms with E-state index < -0.39 is 0 Å². The van der Waals surface area contributed by atoms with E-state index in [-0.39, 0.29) is 0 Å². The summed E-state index contributed by atoms with van der Waals surface area (Å²) in [6.45, 7) is 8.61. The second-order valence-electron chi connectivity index (χ2n) is 4.51. The van der Waals surface area contributed by atoms with Crippen LogP contribution in [0.2, 0.25) is 0 Å². The highest BCUT2D eigenvalue weighted by molar-refractivity contribution is 5.63. The molecule has 0 heterocycles. The summed E-state index contributed by atoms with van der Waals surface area (Å²) in [4.78, 5) is 0. The van der Waals surface area contributed by atoms with Crippen LogP contribution >= 0.6 is 0 Å². The van der Waals surface area contributed by atoms with Crippen molar-refractivity contribution in [1.82, 2.24) is 0 Å². The molecule has 0 aromatic heterocycles. The normalized spacial score (nSPS) is 10.4. The van der Waals surface area contributed by atoms with E-state index in [4.69, 9.17) is 0 Å². The maximum atomic E-state index is 4.15. The molecule has 0 bridgehead atoms. The Balaban J connectivity index is 2.53. The molecule has 1 rings (SSSR count). The molecule has 0 unspecified atom stereocenters. The number of hydrogen-bond acceptors (Lipinski definition) is 0. The summed E-state index contributed by atoms with van der Waals surface area (Å²) in [6.07, 6.45) is 7.38. The van der Waals surface area contributed by atoms with Gasteiger partial charge in [0.15, 0.2) is 0 Å². The van der Waals surface area contributed by atoms with E-state index in [1.54, 1.807) is 0 Å². The largest absolute Gasteiger partial charge is 0.0952 e. The first-order valence-corrected chi connectivity index (χ1v) is 6.55. The zero-order chi connectivity index (χ0) is 11.8. The minimum Gasteiger partial charge on any atom is -0.0952 e. The van der Waals surface area contributed by atoms with Crippen molar-refractivity contribution in [3.05, 3.63) is 42.0 Å². The molecule has 0 fully saturated rings. The van der Waals surface area contributed by atoms with Crippen LogP contribution in [0, 0.1) is 0 Å². The molecule has 1 aromatic rings. The highest BCUT2D eigenvalue weighted by Crippen LogP contribution is 2.19. The fourth-order valence-corrected chi connectivity index (χ4v) is 1.82. The van der Waals surface area contributed by atoms with Crippen LogP contribution in [-0.4, -0.2) is 0 Å². The summed E-state index contributed by atoms with van der Waals surface area (Å²) < 4.78 is 0. The Kier molecular flexibility index (Phi) is 5.92. The Morgan fingerprint density at radius 3 is 2.19 bits per heavy atom. The summed E-state index contributed by atoms with van der Waals surface area (Å²) in [5.41, 5.74) is 4.05. The number of rotatable bonds is 7. The second kappa shape index (κ2) is 7.27. The number of hydrogen-bond donors (Lipinski definition) is 0. The predicted molar refractivity (Wildman–Crippen MR) is 73.6 cm³/mol. The lowest BCUT2D eigenvalue weighted by atomic mass is 9.99. The first-order valence-electron chi connectivity index (χ1n) is 6.55. The molecular weight excluding hydrogens is 192 g/mol.